The minimum absolute atomic E-state index is 0.0703. The first-order chi connectivity index (χ1) is 11.5. The topological polar surface area (TPSA) is 67.9 Å². The lowest BCUT2D eigenvalue weighted by Gasteiger charge is -2.34. The van der Waals surface area contributed by atoms with Crippen molar-refractivity contribution in [1.82, 2.24) is 4.90 Å². The number of amides is 1. The summed E-state index contributed by atoms with van der Waals surface area (Å²) in [6.07, 6.45) is 0.167. The van der Waals surface area contributed by atoms with Crippen LogP contribution >= 0.6 is 0 Å². The minimum atomic E-state index is -0.473. The second-order valence-corrected chi connectivity index (χ2v) is 5.74. The van der Waals surface area contributed by atoms with Crippen LogP contribution in [0.25, 0.3) is 0 Å². The van der Waals surface area contributed by atoms with E-state index < -0.39 is 5.82 Å². The lowest BCUT2D eigenvalue weighted by molar-refractivity contribution is -0.146. The summed E-state index contributed by atoms with van der Waals surface area (Å²) in [5.74, 6) is -1.11. The highest BCUT2D eigenvalue weighted by atomic mass is 19.1. The van der Waals surface area contributed by atoms with Gasteiger partial charge in [-0.3, -0.25) is 14.5 Å². The quantitative estimate of drug-likeness (QED) is 0.800. The molecule has 1 aliphatic rings. The van der Waals surface area contributed by atoms with E-state index in [1.165, 1.54) is 6.07 Å². The Labute approximate surface area is 140 Å². The van der Waals surface area contributed by atoms with E-state index in [9.17, 15) is 14.0 Å². The second-order valence-electron chi connectivity index (χ2n) is 5.74. The summed E-state index contributed by atoms with van der Waals surface area (Å²) in [5, 5.41) is 2.58. The smallest absolute Gasteiger partial charge is 0.307 e. The van der Waals surface area contributed by atoms with Gasteiger partial charge in [-0.15, -0.1) is 0 Å². The Morgan fingerprint density at radius 1 is 1.46 bits per heavy atom. The molecule has 0 aliphatic carbocycles. The van der Waals surface area contributed by atoms with Crippen molar-refractivity contribution in [2.75, 3.05) is 38.2 Å². The molecule has 0 radical (unpaired) electrons. The molecule has 0 bridgehead atoms. The number of hydrogen-bond donors (Lipinski definition) is 1. The number of carbonyl (C=O) groups is 2. The third kappa shape index (κ3) is 5.28. The molecule has 1 saturated heterocycles. The Morgan fingerprint density at radius 3 is 3.00 bits per heavy atom. The molecule has 2 rings (SSSR count). The van der Waals surface area contributed by atoms with Crippen LogP contribution in [-0.2, 0) is 19.1 Å². The number of rotatable bonds is 6. The molecule has 1 amide bonds. The maximum atomic E-state index is 13.7. The molecule has 1 aromatic rings. The molecule has 1 N–H and O–H groups in total. The van der Waals surface area contributed by atoms with Crippen LogP contribution in [0.3, 0.4) is 0 Å². The van der Waals surface area contributed by atoms with E-state index in [2.05, 4.69) is 5.32 Å². The Morgan fingerprint density at radius 2 is 2.25 bits per heavy atom. The second kappa shape index (κ2) is 8.75. The molecule has 1 aliphatic heterocycles. The average Bonchev–Trinajstić information content (AvgIpc) is 2.53. The van der Waals surface area contributed by atoms with Crippen molar-refractivity contribution < 1.29 is 23.5 Å². The van der Waals surface area contributed by atoms with Gasteiger partial charge in [-0.25, -0.2) is 4.39 Å². The van der Waals surface area contributed by atoms with Gasteiger partial charge in [-0.2, -0.15) is 0 Å². The summed E-state index contributed by atoms with van der Waals surface area (Å²) >= 11 is 0. The molecule has 0 spiro atoms. The van der Waals surface area contributed by atoms with E-state index in [1.807, 2.05) is 11.8 Å². The van der Waals surface area contributed by atoms with Crippen molar-refractivity contribution >= 4 is 17.6 Å². The predicted molar refractivity (Wildman–Crippen MR) is 87.2 cm³/mol. The van der Waals surface area contributed by atoms with Gasteiger partial charge in [0.05, 0.1) is 38.5 Å². The van der Waals surface area contributed by atoms with E-state index in [-0.39, 0.29) is 36.6 Å². The summed E-state index contributed by atoms with van der Waals surface area (Å²) in [4.78, 5) is 25.8. The molecule has 0 unspecified atom stereocenters. The molecule has 132 valence electrons. The van der Waals surface area contributed by atoms with Crippen molar-refractivity contribution in [2.45, 2.75) is 26.3 Å². The van der Waals surface area contributed by atoms with Crippen molar-refractivity contribution in [3.63, 3.8) is 0 Å². The lowest BCUT2D eigenvalue weighted by Crippen LogP contribution is -2.49. The van der Waals surface area contributed by atoms with Crippen LogP contribution in [0.2, 0.25) is 0 Å². The number of benzene rings is 1. The molecule has 1 fully saturated rings. The number of esters is 1. The van der Waals surface area contributed by atoms with Crippen LogP contribution in [-0.4, -0.2) is 55.7 Å². The number of halogens is 1. The van der Waals surface area contributed by atoms with Crippen molar-refractivity contribution in [3.05, 3.63) is 29.6 Å². The van der Waals surface area contributed by atoms with Gasteiger partial charge in [0, 0.05) is 12.6 Å². The van der Waals surface area contributed by atoms with Crippen molar-refractivity contribution in [3.8, 4) is 0 Å². The molecule has 24 heavy (non-hydrogen) atoms. The SMILES string of the molecule is CCOC(=O)C[C@@H]1COCCN1CC(=O)Nc1cc(C)ccc1F. The first-order valence-electron chi connectivity index (χ1n) is 8.03. The van der Waals surface area contributed by atoms with Crippen LogP contribution in [0.5, 0.6) is 0 Å². The molecule has 0 saturated carbocycles. The maximum Gasteiger partial charge on any atom is 0.307 e. The zero-order valence-corrected chi connectivity index (χ0v) is 14.0. The monoisotopic (exact) mass is 338 g/mol. The highest BCUT2D eigenvalue weighted by molar-refractivity contribution is 5.92. The van der Waals surface area contributed by atoms with Gasteiger partial charge in [0.25, 0.3) is 0 Å². The minimum Gasteiger partial charge on any atom is -0.466 e. The van der Waals surface area contributed by atoms with E-state index in [0.717, 1.165) is 5.56 Å². The largest absolute Gasteiger partial charge is 0.466 e. The lowest BCUT2D eigenvalue weighted by atomic mass is 10.1. The van der Waals surface area contributed by atoms with Gasteiger partial charge in [0.1, 0.15) is 5.82 Å². The normalized spacial score (nSPS) is 18.2. The third-order valence-corrected chi connectivity index (χ3v) is 3.80. The number of hydrogen-bond acceptors (Lipinski definition) is 5. The number of nitrogens with zero attached hydrogens (tertiary/aromatic N) is 1. The average molecular weight is 338 g/mol. The fraction of sp³-hybridized carbons (Fsp3) is 0.529. The molecular formula is C17H23FN2O4. The van der Waals surface area contributed by atoms with Crippen LogP contribution in [0.15, 0.2) is 18.2 Å². The highest BCUT2D eigenvalue weighted by Crippen LogP contribution is 2.16. The number of anilines is 1. The maximum absolute atomic E-state index is 13.7. The van der Waals surface area contributed by atoms with Crippen molar-refractivity contribution in [2.24, 2.45) is 0 Å². The predicted octanol–water partition coefficient (Wildman–Crippen LogP) is 1.73. The van der Waals surface area contributed by atoms with Gasteiger partial charge in [0.2, 0.25) is 5.91 Å². The van der Waals surface area contributed by atoms with Gasteiger partial charge < -0.3 is 14.8 Å². The van der Waals surface area contributed by atoms with E-state index in [0.29, 0.717) is 26.4 Å². The standard InChI is InChI=1S/C17H23FN2O4/c1-3-24-17(22)9-13-11-23-7-6-20(13)10-16(21)19-15-8-12(2)4-5-14(15)18/h4-5,8,13H,3,6-7,9-11H2,1-2H3,(H,19,21)/t13-/m1/s1. The summed E-state index contributed by atoms with van der Waals surface area (Å²) in [6.45, 7) is 5.35. The molecule has 7 heteroatoms. The van der Waals surface area contributed by atoms with E-state index in [4.69, 9.17) is 9.47 Å². The number of morpholine rings is 1. The Kier molecular flexibility index (Phi) is 6.69. The fourth-order valence-corrected chi connectivity index (χ4v) is 2.61. The zero-order chi connectivity index (χ0) is 17.5. The number of aryl methyl sites for hydroxylation is 1. The van der Waals surface area contributed by atoms with Crippen LogP contribution in [0.1, 0.15) is 18.9 Å². The summed E-state index contributed by atoms with van der Waals surface area (Å²) in [6, 6.07) is 4.33. The molecule has 1 aromatic carbocycles. The van der Waals surface area contributed by atoms with Gasteiger partial charge >= 0.3 is 5.97 Å². The van der Waals surface area contributed by atoms with Crippen molar-refractivity contribution in [1.29, 1.82) is 0 Å². The number of nitrogens with one attached hydrogen (secondary N) is 1. The molecule has 0 aromatic heterocycles. The van der Waals surface area contributed by atoms with Gasteiger partial charge in [-0.05, 0) is 31.5 Å². The molecular weight excluding hydrogens is 315 g/mol. The highest BCUT2D eigenvalue weighted by Gasteiger charge is 2.27. The third-order valence-electron chi connectivity index (χ3n) is 3.80. The Hall–Kier alpha value is -1.99. The summed E-state index contributed by atoms with van der Waals surface area (Å²) in [7, 11) is 0. The van der Waals surface area contributed by atoms with Gasteiger partial charge in [-0.1, -0.05) is 6.07 Å². The fourth-order valence-electron chi connectivity index (χ4n) is 2.61. The Bertz CT molecular complexity index is 594. The number of carbonyl (C=O) groups excluding carboxylic acids is 2. The molecule has 6 nitrogen and oxygen atoms in total. The molecule has 1 atom stereocenters. The summed E-state index contributed by atoms with van der Waals surface area (Å²) < 4.78 is 24.1. The van der Waals surface area contributed by atoms with Crippen LogP contribution in [0.4, 0.5) is 10.1 Å². The van der Waals surface area contributed by atoms with Crippen LogP contribution in [0, 0.1) is 12.7 Å². The number of ether oxygens (including phenoxy) is 2. The zero-order valence-electron chi connectivity index (χ0n) is 14.0. The summed E-state index contributed by atoms with van der Waals surface area (Å²) in [5.41, 5.74) is 1.02. The van der Waals surface area contributed by atoms with Gasteiger partial charge in [0.15, 0.2) is 0 Å². The Balaban J connectivity index is 1.95. The van der Waals surface area contributed by atoms with E-state index >= 15 is 0 Å². The van der Waals surface area contributed by atoms with E-state index in [1.54, 1.807) is 19.1 Å². The first kappa shape index (κ1) is 18.4. The first-order valence-corrected chi connectivity index (χ1v) is 8.03. The molecule has 1 heterocycles. The van der Waals surface area contributed by atoms with Crippen LogP contribution < -0.4 is 5.32 Å².